The summed E-state index contributed by atoms with van der Waals surface area (Å²) in [6, 6.07) is 0.571. The van der Waals surface area contributed by atoms with E-state index in [1.807, 2.05) is 25.7 Å². The number of nitrogens with zero attached hydrogens (tertiary/aromatic N) is 1. The third-order valence-corrected chi connectivity index (χ3v) is 3.29. The molecule has 2 heterocycles. The standard InChI is InChI=1S/C11H20N2O/c1-11(2,3)10(14)13-6-8-4-5-12-9(8)7-13/h8-9,12H,4-7H2,1-3H3. The van der Waals surface area contributed by atoms with E-state index in [1.165, 1.54) is 6.42 Å². The number of amides is 1. The van der Waals surface area contributed by atoms with Gasteiger partial charge in [0.25, 0.3) is 0 Å². The van der Waals surface area contributed by atoms with Crippen molar-refractivity contribution >= 4 is 5.91 Å². The monoisotopic (exact) mass is 196 g/mol. The van der Waals surface area contributed by atoms with Crippen molar-refractivity contribution in [2.24, 2.45) is 11.3 Å². The zero-order chi connectivity index (χ0) is 10.3. The van der Waals surface area contributed by atoms with Gasteiger partial charge in [-0.05, 0) is 18.9 Å². The summed E-state index contributed by atoms with van der Waals surface area (Å²) in [5.74, 6) is 1.01. The quantitative estimate of drug-likeness (QED) is 0.623. The number of nitrogens with one attached hydrogen (secondary N) is 1. The molecule has 80 valence electrons. The summed E-state index contributed by atoms with van der Waals surface area (Å²) in [5.41, 5.74) is -0.224. The maximum Gasteiger partial charge on any atom is 0.228 e. The van der Waals surface area contributed by atoms with Gasteiger partial charge in [0, 0.05) is 24.5 Å². The van der Waals surface area contributed by atoms with Crippen molar-refractivity contribution < 1.29 is 4.79 Å². The van der Waals surface area contributed by atoms with E-state index >= 15 is 0 Å². The molecule has 0 saturated carbocycles. The van der Waals surface area contributed by atoms with Crippen LogP contribution in [0.5, 0.6) is 0 Å². The Kier molecular flexibility index (Phi) is 2.30. The van der Waals surface area contributed by atoms with E-state index in [0.29, 0.717) is 17.9 Å². The third-order valence-electron chi connectivity index (χ3n) is 3.29. The molecule has 2 aliphatic rings. The van der Waals surface area contributed by atoms with Crippen LogP contribution in [0.2, 0.25) is 0 Å². The molecule has 2 rings (SSSR count). The van der Waals surface area contributed by atoms with Crippen LogP contribution >= 0.6 is 0 Å². The Morgan fingerprint density at radius 3 is 2.64 bits per heavy atom. The highest BCUT2D eigenvalue weighted by Crippen LogP contribution is 2.28. The molecule has 0 aliphatic carbocycles. The number of hydrogen-bond donors (Lipinski definition) is 1. The molecular weight excluding hydrogens is 176 g/mol. The fraction of sp³-hybridized carbons (Fsp3) is 0.909. The summed E-state index contributed by atoms with van der Waals surface area (Å²) in [5, 5.41) is 3.46. The maximum atomic E-state index is 12.0. The minimum Gasteiger partial charge on any atom is -0.340 e. The van der Waals surface area contributed by atoms with E-state index in [1.54, 1.807) is 0 Å². The van der Waals surface area contributed by atoms with Crippen molar-refractivity contribution in [3.63, 3.8) is 0 Å². The van der Waals surface area contributed by atoms with Crippen LogP contribution in [0.4, 0.5) is 0 Å². The summed E-state index contributed by atoms with van der Waals surface area (Å²) < 4.78 is 0. The van der Waals surface area contributed by atoms with Crippen LogP contribution in [0.1, 0.15) is 27.2 Å². The summed E-state index contributed by atoms with van der Waals surface area (Å²) in [4.78, 5) is 14.0. The van der Waals surface area contributed by atoms with Crippen molar-refractivity contribution in [1.29, 1.82) is 0 Å². The lowest BCUT2D eigenvalue weighted by molar-refractivity contribution is -0.138. The lowest BCUT2D eigenvalue weighted by Gasteiger charge is -2.26. The molecule has 2 unspecified atom stereocenters. The van der Waals surface area contributed by atoms with E-state index in [0.717, 1.165) is 19.6 Å². The molecule has 3 heteroatoms. The second kappa shape index (κ2) is 3.23. The normalized spacial score (nSPS) is 32.1. The van der Waals surface area contributed by atoms with Gasteiger partial charge < -0.3 is 10.2 Å². The number of rotatable bonds is 0. The lowest BCUT2D eigenvalue weighted by atomic mass is 9.95. The zero-order valence-electron chi connectivity index (χ0n) is 9.34. The van der Waals surface area contributed by atoms with Gasteiger partial charge in [0.05, 0.1) is 0 Å². The molecule has 0 aromatic heterocycles. The number of carbonyl (C=O) groups is 1. The first-order valence-corrected chi connectivity index (χ1v) is 5.51. The van der Waals surface area contributed by atoms with Crippen LogP contribution in [-0.2, 0) is 4.79 Å². The molecule has 2 fully saturated rings. The number of fused-ring (bicyclic) bond motifs is 1. The minimum absolute atomic E-state index is 0.224. The lowest BCUT2D eigenvalue weighted by Crippen LogP contribution is -2.40. The average molecular weight is 196 g/mol. The van der Waals surface area contributed by atoms with Crippen molar-refractivity contribution in [2.45, 2.75) is 33.2 Å². The van der Waals surface area contributed by atoms with Gasteiger partial charge in [-0.3, -0.25) is 4.79 Å². The molecule has 2 aliphatic heterocycles. The second-order valence-electron chi connectivity index (χ2n) is 5.57. The van der Waals surface area contributed by atoms with Gasteiger partial charge in [-0.2, -0.15) is 0 Å². The molecule has 3 nitrogen and oxygen atoms in total. The topological polar surface area (TPSA) is 32.3 Å². The zero-order valence-corrected chi connectivity index (χ0v) is 9.34. The Hall–Kier alpha value is -0.570. The molecule has 1 amide bonds. The Balaban J connectivity index is 1.99. The van der Waals surface area contributed by atoms with Gasteiger partial charge in [-0.15, -0.1) is 0 Å². The van der Waals surface area contributed by atoms with E-state index in [-0.39, 0.29) is 5.41 Å². The SMILES string of the molecule is CC(C)(C)C(=O)N1CC2CCNC2C1. The first-order valence-electron chi connectivity index (χ1n) is 5.51. The van der Waals surface area contributed by atoms with E-state index in [2.05, 4.69) is 5.32 Å². The summed E-state index contributed by atoms with van der Waals surface area (Å²) in [7, 11) is 0. The molecular formula is C11H20N2O. The van der Waals surface area contributed by atoms with Crippen LogP contribution in [0, 0.1) is 11.3 Å². The van der Waals surface area contributed by atoms with Gasteiger partial charge in [0.2, 0.25) is 5.91 Å². The first-order chi connectivity index (χ1) is 6.48. The molecule has 0 radical (unpaired) electrons. The fourth-order valence-corrected chi connectivity index (χ4v) is 2.49. The number of likely N-dealkylation sites (tertiary alicyclic amines) is 1. The molecule has 0 aromatic rings. The fourth-order valence-electron chi connectivity index (χ4n) is 2.49. The van der Waals surface area contributed by atoms with Gasteiger partial charge in [-0.25, -0.2) is 0 Å². The molecule has 0 spiro atoms. The summed E-state index contributed by atoms with van der Waals surface area (Å²) in [6.07, 6.45) is 1.23. The van der Waals surface area contributed by atoms with Gasteiger partial charge in [-0.1, -0.05) is 20.8 Å². The van der Waals surface area contributed by atoms with Crippen LogP contribution in [0.25, 0.3) is 0 Å². The van der Waals surface area contributed by atoms with Gasteiger partial charge >= 0.3 is 0 Å². The Morgan fingerprint density at radius 1 is 1.36 bits per heavy atom. The average Bonchev–Trinajstić information content (AvgIpc) is 2.58. The van der Waals surface area contributed by atoms with Crippen molar-refractivity contribution in [3.05, 3.63) is 0 Å². The predicted octanol–water partition coefficient (Wildman–Crippen LogP) is 0.853. The Bertz CT molecular complexity index is 232. The van der Waals surface area contributed by atoms with Crippen molar-refractivity contribution in [2.75, 3.05) is 19.6 Å². The highest BCUT2D eigenvalue weighted by Gasteiger charge is 2.40. The maximum absolute atomic E-state index is 12.0. The van der Waals surface area contributed by atoms with Gasteiger partial charge in [0.1, 0.15) is 0 Å². The largest absolute Gasteiger partial charge is 0.340 e. The van der Waals surface area contributed by atoms with Crippen LogP contribution in [-0.4, -0.2) is 36.5 Å². The molecule has 1 N–H and O–H groups in total. The second-order valence-corrected chi connectivity index (χ2v) is 5.57. The highest BCUT2D eigenvalue weighted by atomic mass is 16.2. The summed E-state index contributed by atoms with van der Waals surface area (Å²) >= 11 is 0. The molecule has 2 saturated heterocycles. The smallest absolute Gasteiger partial charge is 0.228 e. The summed E-state index contributed by atoms with van der Waals surface area (Å²) in [6.45, 7) is 9.01. The minimum atomic E-state index is -0.224. The highest BCUT2D eigenvalue weighted by molar-refractivity contribution is 5.81. The van der Waals surface area contributed by atoms with E-state index in [9.17, 15) is 4.79 Å². The first kappa shape index (κ1) is 9.97. The van der Waals surface area contributed by atoms with Crippen molar-refractivity contribution in [3.8, 4) is 0 Å². The molecule has 0 bridgehead atoms. The Labute approximate surface area is 85.8 Å². The number of hydrogen-bond acceptors (Lipinski definition) is 2. The predicted molar refractivity (Wildman–Crippen MR) is 55.9 cm³/mol. The van der Waals surface area contributed by atoms with E-state index in [4.69, 9.17) is 0 Å². The van der Waals surface area contributed by atoms with E-state index < -0.39 is 0 Å². The van der Waals surface area contributed by atoms with Gasteiger partial charge in [0.15, 0.2) is 0 Å². The van der Waals surface area contributed by atoms with Crippen LogP contribution < -0.4 is 5.32 Å². The molecule has 0 aromatic carbocycles. The van der Waals surface area contributed by atoms with Crippen LogP contribution in [0.15, 0.2) is 0 Å². The Morgan fingerprint density at radius 2 is 2.07 bits per heavy atom. The van der Waals surface area contributed by atoms with Crippen LogP contribution in [0.3, 0.4) is 0 Å². The number of carbonyl (C=O) groups excluding carboxylic acids is 1. The molecule has 2 atom stereocenters. The van der Waals surface area contributed by atoms with Crippen molar-refractivity contribution in [1.82, 2.24) is 10.2 Å². The third kappa shape index (κ3) is 1.65. The molecule has 14 heavy (non-hydrogen) atoms.